The highest BCUT2D eigenvalue weighted by molar-refractivity contribution is 5.33. The molecule has 0 spiro atoms. The fourth-order valence-corrected chi connectivity index (χ4v) is 10.1. The molecule has 32 heavy (non-hydrogen) atoms. The molecule has 0 heterocycles. The van der Waals surface area contributed by atoms with E-state index in [-0.39, 0.29) is 0 Å². The number of aliphatic hydroxyl groups is 2. The normalized spacial score (nSPS) is 52.4. The fourth-order valence-electron chi connectivity index (χ4n) is 10.1. The standard InChI is InChI=1S/C30H48O2/c1-7-30(32)17-16-28(5)20(18-30)8-9-23-24(28)13-15-29(6)25(19(2)12-14-27(3,4)31)21-10-11-22(21)26(23)29/h19-26,31-32H,7-9,12-18H2,1-6H3/t19-,20+,21-,22+,23-,24+,25+,26+,28+,29-,30+/m1/s1. The minimum atomic E-state index is -0.566. The number of hydrogen-bond donors (Lipinski definition) is 2. The second-order valence-corrected chi connectivity index (χ2v) is 14.1. The Kier molecular flexibility index (Phi) is 5.44. The Bertz CT molecular complexity index is 800. The fraction of sp³-hybridized carbons (Fsp3) is 0.933. The Morgan fingerprint density at radius 2 is 1.72 bits per heavy atom. The van der Waals surface area contributed by atoms with E-state index >= 15 is 0 Å². The summed E-state index contributed by atoms with van der Waals surface area (Å²) in [6.45, 7) is 13.8. The van der Waals surface area contributed by atoms with Gasteiger partial charge in [-0.1, -0.05) is 39.5 Å². The van der Waals surface area contributed by atoms with E-state index < -0.39 is 11.2 Å². The third-order valence-corrected chi connectivity index (χ3v) is 11.9. The molecule has 2 N–H and O–H groups in total. The van der Waals surface area contributed by atoms with Gasteiger partial charge in [0, 0.05) is 11.8 Å². The highest BCUT2D eigenvalue weighted by atomic mass is 16.3. The molecular weight excluding hydrogens is 392 g/mol. The topological polar surface area (TPSA) is 40.5 Å². The van der Waals surface area contributed by atoms with Crippen molar-refractivity contribution in [2.45, 2.75) is 117 Å². The first-order chi connectivity index (χ1) is 14.9. The molecule has 2 heteroatoms. The predicted molar refractivity (Wildman–Crippen MR) is 131 cm³/mol. The van der Waals surface area contributed by atoms with Crippen molar-refractivity contribution >= 4 is 0 Å². The molecule has 2 nitrogen and oxygen atoms in total. The minimum Gasteiger partial charge on any atom is -0.390 e. The molecule has 5 aliphatic rings. The van der Waals surface area contributed by atoms with E-state index in [0.29, 0.717) is 40.4 Å². The van der Waals surface area contributed by atoms with Crippen LogP contribution in [0.2, 0.25) is 0 Å². The van der Waals surface area contributed by atoms with Gasteiger partial charge in [-0.3, -0.25) is 0 Å². The van der Waals surface area contributed by atoms with E-state index in [9.17, 15) is 10.2 Å². The van der Waals surface area contributed by atoms with Crippen LogP contribution >= 0.6 is 0 Å². The van der Waals surface area contributed by atoms with Crippen LogP contribution in [0.3, 0.4) is 0 Å². The summed E-state index contributed by atoms with van der Waals surface area (Å²) in [6, 6.07) is 0. The first-order valence-corrected chi connectivity index (χ1v) is 13.9. The summed E-state index contributed by atoms with van der Waals surface area (Å²) < 4.78 is 0. The zero-order chi connectivity index (χ0) is 23.1. The SMILES string of the molecule is CC[C@]1(O)CC[C@@]2(C)[C@@H](CC[C@H]3[C@@H]4[C@H]5C#C[C@H]5[C@H]([C@H](C)CCC(C)(C)O)[C@@]4(C)CC[C@@H]32)C1. The van der Waals surface area contributed by atoms with E-state index in [0.717, 1.165) is 49.9 Å². The minimum absolute atomic E-state index is 0.397. The van der Waals surface area contributed by atoms with Gasteiger partial charge in [0.25, 0.3) is 0 Å². The largest absolute Gasteiger partial charge is 0.390 e. The molecular formula is C30H48O2. The lowest BCUT2D eigenvalue weighted by molar-refractivity contribution is -0.155. The van der Waals surface area contributed by atoms with Crippen LogP contribution < -0.4 is 0 Å². The average Bonchev–Trinajstić information content (AvgIpc) is 2.89. The molecule has 180 valence electrons. The van der Waals surface area contributed by atoms with Gasteiger partial charge in [-0.15, -0.1) is 0 Å². The number of fused-ring (bicyclic) bond motifs is 7. The predicted octanol–water partition coefficient (Wildman–Crippen LogP) is 6.44. The van der Waals surface area contributed by atoms with Crippen LogP contribution in [0.1, 0.15) is 106 Å². The summed E-state index contributed by atoms with van der Waals surface area (Å²) in [4.78, 5) is 0. The zero-order valence-electron chi connectivity index (χ0n) is 21.6. The Balaban J connectivity index is 1.39. The van der Waals surface area contributed by atoms with Crippen LogP contribution in [-0.4, -0.2) is 21.4 Å². The molecule has 0 aromatic carbocycles. The third kappa shape index (κ3) is 3.35. The van der Waals surface area contributed by atoms with E-state index in [4.69, 9.17) is 0 Å². The molecule has 0 bridgehead atoms. The quantitative estimate of drug-likeness (QED) is 0.483. The molecule has 11 atom stereocenters. The van der Waals surface area contributed by atoms with Gasteiger partial charge >= 0.3 is 0 Å². The van der Waals surface area contributed by atoms with Crippen LogP contribution in [0.25, 0.3) is 0 Å². The molecule has 4 saturated carbocycles. The molecule has 5 aliphatic carbocycles. The second-order valence-electron chi connectivity index (χ2n) is 14.1. The van der Waals surface area contributed by atoms with Gasteiger partial charge in [0.2, 0.25) is 0 Å². The highest BCUT2D eigenvalue weighted by Crippen LogP contribution is 2.72. The maximum Gasteiger partial charge on any atom is 0.0648 e. The summed E-state index contributed by atoms with van der Waals surface area (Å²) in [6.07, 6.45) is 11.6. The highest BCUT2D eigenvalue weighted by Gasteiger charge is 2.67. The second kappa shape index (κ2) is 7.49. The molecule has 0 radical (unpaired) electrons. The Morgan fingerprint density at radius 3 is 2.34 bits per heavy atom. The summed E-state index contributed by atoms with van der Waals surface area (Å²) in [5.74, 6) is 13.0. The molecule has 4 fully saturated rings. The first kappa shape index (κ1) is 23.2. The van der Waals surface area contributed by atoms with Gasteiger partial charge in [0.1, 0.15) is 0 Å². The molecule has 0 aromatic heterocycles. The zero-order valence-corrected chi connectivity index (χ0v) is 21.6. The average molecular weight is 441 g/mol. The van der Waals surface area contributed by atoms with Gasteiger partial charge in [-0.25, -0.2) is 0 Å². The Morgan fingerprint density at radius 1 is 1.00 bits per heavy atom. The molecule has 5 rings (SSSR count). The van der Waals surface area contributed by atoms with Crippen molar-refractivity contribution in [1.82, 2.24) is 0 Å². The summed E-state index contributed by atoms with van der Waals surface area (Å²) in [5, 5.41) is 21.4. The van der Waals surface area contributed by atoms with Crippen LogP contribution in [0.4, 0.5) is 0 Å². The molecule has 0 amide bonds. The third-order valence-electron chi connectivity index (χ3n) is 11.9. The van der Waals surface area contributed by atoms with Crippen LogP contribution in [-0.2, 0) is 0 Å². The molecule has 0 aromatic rings. The van der Waals surface area contributed by atoms with E-state index in [1.54, 1.807) is 0 Å². The van der Waals surface area contributed by atoms with Crippen LogP contribution in [0.5, 0.6) is 0 Å². The van der Waals surface area contributed by atoms with E-state index in [1.807, 2.05) is 13.8 Å². The van der Waals surface area contributed by atoms with Crippen molar-refractivity contribution in [2.75, 3.05) is 0 Å². The lowest BCUT2D eigenvalue weighted by Crippen LogP contribution is -2.56. The van der Waals surface area contributed by atoms with Crippen molar-refractivity contribution in [3.05, 3.63) is 0 Å². The summed E-state index contributed by atoms with van der Waals surface area (Å²) >= 11 is 0. The Hall–Kier alpha value is -0.520. The van der Waals surface area contributed by atoms with Gasteiger partial charge in [0.05, 0.1) is 11.2 Å². The van der Waals surface area contributed by atoms with Gasteiger partial charge in [0.15, 0.2) is 0 Å². The lowest BCUT2D eigenvalue weighted by atomic mass is 9.43. The van der Waals surface area contributed by atoms with Crippen molar-refractivity contribution in [3.63, 3.8) is 0 Å². The van der Waals surface area contributed by atoms with Gasteiger partial charge < -0.3 is 10.2 Å². The summed E-state index contributed by atoms with van der Waals surface area (Å²) in [7, 11) is 0. The van der Waals surface area contributed by atoms with E-state index in [1.165, 1.54) is 32.1 Å². The number of hydrogen-bond acceptors (Lipinski definition) is 2. The number of rotatable bonds is 5. The molecule has 0 unspecified atom stereocenters. The van der Waals surface area contributed by atoms with Crippen molar-refractivity contribution in [2.24, 2.45) is 58.2 Å². The van der Waals surface area contributed by atoms with E-state index in [2.05, 4.69) is 39.5 Å². The lowest BCUT2D eigenvalue weighted by Gasteiger charge is -2.62. The maximum absolute atomic E-state index is 11.1. The van der Waals surface area contributed by atoms with Gasteiger partial charge in [-0.2, -0.15) is 0 Å². The van der Waals surface area contributed by atoms with Crippen molar-refractivity contribution < 1.29 is 10.2 Å². The van der Waals surface area contributed by atoms with Crippen LogP contribution in [0, 0.1) is 70.0 Å². The van der Waals surface area contributed by atoms with Crippen LogP contribution in [0.15, 0.2) is 0 Å². The smallest absolute Gasteiger partial charge is 0.0648 e. The Labute approximate surface area is 197 Å². The summed E-state index contributed by atoms with van der Waals surface area (Å²) in [5.41, 5.74) is -0.153. The molecule has 0 aliphatic heterocycles. The monoisotopic (exact) mass is 440 g/mol. The first-order valence-electron chi connectivity index (χ1n) is 13.9. The maximum atomic E-state index is 11.1. The van der Waals surface area contributed by atoms with Gasteiger partial charge in [-0.05, 0) is 124 Å². The molecule has 0 saturated heterocycles. The van der Waals surface area contributed by atoms with Crippen molar-refractivity contribution in [3.8, 4) is 11.8 Å². The van der Waals surface area contributed by atoms with Crippen molar-refractivity contribution in [1.29, 1.82) is 0 Å².